The van der Waals surface area contributed by atoms with Crippen molar-refractivity contribution in [2.75, 3.05) is 65.5 Å². The van der Waals surface area contributed by atoms with Crippen LogP contribution in [0.15, 0.2) is 41.5 Å². The van der Waals surface area contributed by atoms with E-state index in [1.165, 1.54) is 0 Å². The predicted octanol–water partition coefficient (Wildman–Crippen LogP) is 3.06. The maximum atomic E-state index is 5.56. The highest BCUT2D eigenvalue weighted by Crippen LogP contribution is 2.34. The number of benzene rings is 1. The first-order chi connectivity index (χ1) is 15.2. The number of halogens is 1. The van der Waals surface area contributed by atoms with Crippen LogP contribution in [0.4, 0.5) is 5.82 Å². The van der Waals surface area contributed by atoms with Gasteiger partial charge in [-0.15, -0.1) is 24.0 Å². The van der Waals surface area contributed by atoms with Gasteiger partial charge in [-0.05, 0) is 25.5 Å². The number of ether oxygens (including phenoxy) is 3. The molecule has 0 atom stereocenters. The summed E-state index contributed by atoms with van der Waals surface area (Å²) in [5, 5.41) is 3.43. The Labute approximate surface area is 208 Å². The van der Waals surface area contributed by atoms with Crippen molar-refractivity contribution in [2.24, 2.45) is 4.99 Å². The quantitative estimate of drug-likeness (QED) is 0.305. The summed E-state index contributed by atoms with van der Waals surface area (Å²) in [5.41, 5.74) is 0.991. The molecule has 0 amide bonds. The topological polar surface area (TPSA) is 71.5 Å². The first-order valence-electron chi connectivity index (χ1n) is 10.7. The zero-order valence-electron chi connectivity index (χ0n) is 19.3. The van der Waals surface area contributed by atoms with Gasteiger partial charge in [-0.25, -0.2) is 4.98 Å². The smallest absolute Gasteiger partial charge is 0.194 e. The molecule has 0 saturated carbocycles. The molecule has 3 rings (SSSR count). The second-order valence-electron chi connectivity index (χ2n) is 7.16. The molecule has 2 aromatic rings. The molecule has 176 valence electrons. The summed E-state index contributed by atoms with van der Waals surface area (Å²) in [6.07, 6.45) is 2.55. The Morgan fingerprint density at radius 3 is 2.25 bits per heavy atom. The molecule has 1 fully saturated rings. The number of methoxy groups -OCH3 is 3. The van der Waals surface area contributed by atoms with Gasteiger partial charge < -0.3 is 29.3 Å². The molecular weight excluding hydrogens is 521 g/mol. The molecule has 1 N–H and O–H groups in total. The normalized spacial score (nSPS) is 13.9. The van der Waals surface area contributed by atoms with Crippen LogP contribution in [0.3, 0.4) is 0 Å². The number of rotatable bonds is 8. The number of aromatic nitrogens is 1. The van der Waals surface area contributed by atoms with Crippen LogP contribution in [0.1, 0.15) is 12.5 Å². The number of nitrogens with one attached hydrogen (secondary N) is 1. The largest absolute Gasteiger partial charge is 0.496 e. The minimum Gasteiger partial charge on any atom is -0.496 e. The summed E-state index contributed by atoms with van der Waals surface area (Å²) in [6, 6.07) is 9.79. The Bertz CT molecular complexity index is 833. The molecule has 2 heterocycles. The zero-order chi connectivity index (χ0) is 22.1. The second kappa shape index (κ2) is 13.2. The molecule has 1 aromatic heterocycles. The van der Waals surface area contributed by atoms with Crippen LogP contribution in [0, 0.1) is 0 Å². The molecule has 0 bridgehead atoms. The Morgan fingerprint density at radius 2 is 1.72 bits per heavy atom. The number of guanidine groups is 1. The number of piperazine rings is 1. The van der Waals surface area contributed by atoms with E-state index in [0.717, 1.165) is 61.6 Å². The molecular formula is C23H34IN5O3. The van der Waals surface area contributed by atoms with E-state index in [1.54, 1.807) is 21.3 Å². The van der Waals surface area contributed by atoms with E-state index in [0.29, 0.717) is 18.7 Å². The summed E-state index contributed by atoms with van der Waals surface area (Å²) >= 11 is 0. The molecule has 0 radical (unpaired) electrons. The summed E-state index contributed by atoms with van der Waals surface area (Å²) in [4.78, 5) is 14.0. The van der Waals surface area contributed by atoms with Crippen LogP contribution >= 0.6 is 24.0 Å². The minimum absolute atomic E-state index is 0. The SMILES string of the molecule is CCNC(=NCCc1c(OC)cc(OC)cc1OC)N1CCN(c2ccccn2)CC1.I. The monoisotopic (exact) mass is 555 g/mol. The summed E-state index contributed by atoms with van der Waals surface area (Å²) in [7, 11) is 4.95. The summed E-state index contributed by atoms with van der Waals surface area (Å²) < 4.78 is 16.5. The predicted molar refractivity (Wildman–Crippen MR) is 139 cm³/mol. The zero-order valence-corrected chi connectivity index (χ0v) is 21.7. The average Bonchev–Trinajstić information content (AvgIpc) is 2.84. The van der Waals surface area contributed by atoms with Gasteiger partial charge in [0.1, 0.15) is 23.1 Å². The van der Waals surface area contributed by atoms with Crippen molar-refractivity contribution in [3.63, 3.8) is 0 Å². The average molecular weight is 555 g/mol. The van der Waals surface area contributed by atoms with Gasteiger partial charge in [0.05, 0.1) is 21.3 Å². The Balaban J connectivity index is 0.00000363. The third-order valence-electron chi connectivity index (χ3n) is 5.33. The van der Waals surface area contributed by atoms with Crippen LogP contribution < -0.4 is 24.4 Å². The van der Waals surface area contributed by atoms with Gasteiger partial charge >= 0.3 is 0 Å². The molecule has 1 aliphatic rings. The highest BCUT2D eigenvalue weighted by molar-refractivity contribution is 14.0. The Kier molecular flexibility index (Phi) is 10.6. The fourth-order valence-electron chi connectivity index (χ4n) is 3.71. The first-order valence-corrected chi connectivity index (χ1v) is 10.7. The van der Waals surface area contributed by atoms with E-state index >= 15 is 0 Å². The van der Waals surface area contributed by atoms with Crippen molar-refractivity contribution < 1.29 is 14.2 Å². The number of hydrogen-bond donors (Lipinski definition) is 1. The van der Waals surface area contributed by atoms with Crippen molar-refractivity contribution in [3.8, 4) is 17.2 Å². The molecule has 1 aromatic carbocycles. The van der Waals surface area contributed by atoms with Crippen molar-refractivity contribution in [1.29, 1.82) is 0 Å². The fourth-order valence-corrected chi connectivity index (χ4v) is 3.71. The number of pyridine rings is 1. The van der Waals surface area contributed by atoms with E-state index < -0.39 is 0 Å². The molecule has 9 heteroatoms. The maximum absolute atomic E-state index is 5.56. The first kappa shape index (κ1) is 25.8. The van der Waals surface area contributed by atoms with Gasteiger partial charge in [0.25, 0.3) is 0 Å². The van der Waals surface area contributed by atoms with Crippen LogP contribution in [-0.4, -0.2) is 76.4 Å². The number of anilines is 1. The van der Waals surface area contributed by atoms with Gasteiger partial charge in [0.2, 0.25) is 0 Å². The van der Waals surface area contributed by atoms with Crippen molar-refractivity contribution in [1.82, 2.24) is 15.2 Å². The van der Waals surface area contributed by atoms with Crippen LogP contribution in [0.2, 0.25) is 0 Å². The molecule has 0 spiro atoms. The lowest BCUT2D eigenvalue weighted by Gasteiger charge is -2.37. The van der Waals surface area contributed by atoms with Crippen molar-refractivity contribution in [2.45, 2.75) is 13.3 Å². The van der Waals surface area contributed by atoms with E-state index in [-0.39, 0.29) is 24.0 Å². The lowest BCUT2D eigenvalue weighted by molar-refractivity contribution is 0.367. The van der Waals surface area contributed by atoms with E-state index in [4.69, 9.17) is 19.2 Å². The number of nitrogens with zero attached hydrogens (tertiary/aromatic N) is 4. The van der Waals surface area contributed by atoms with Gasteiger partial charge in [0, 0.05) is 63.2 Å². The number of aliphatic imine (C=N–C) groups is 1. The fraction of sp³-hybridized carbons (Fsp3) is 0.478. The van der Waals surface area contributed by atoms with E-state index in [1.807, 2.05) is 30.5 Å². The van der Waals surface area contributed by atoms with E-state index in [9.17, 15) is 0 Å². The molecule has 0 aliphatic carbocycles. The molecule has 32 heavy (non-hydrogen) atoms. The highest BCUT2D eigenvalue weighted by atomic mass is 127. The molecule has 0 unspecified atom stereocenters. The molecule has 8 nitrogen and oxygen atoms in total. The third kappa shape index (κ3) is 6.54. The van der Waals surface area contributed by atoms with Gasteiger partial charge in [-0.1, -0.05) is 6.07 Å². The maximum Gasteiger partial charge on any atom is 0.194 e. The molecule has 1 aliphatic heterocycles. The highest BCUT2D eigenvalue weighted by Gasteiger charge is 2.20. The third-order valence-corrected chi connectivity index (χ3v) is 5.33. The second-order valence-corrected chi connectivity index (χ2v) is 7.16. The summed E-state index contributed by atoms with van der Waals surface area (Å²) in [5.74, 6) is 4.18. The van der Waals surface area contributed by atoms with Gasteiger partial charge in [-0.3, -0.25) is 4.99 Å². The standard InChI is InChI=1S/C23H33N5O3.HI/c1-5-24-23(28-14-12-27(13-15-28)22-8-6-7-10-25-22)26-11-9-19-20(30-3)16-18(29-2)17-21(19)31-4;/h6-8,10,16-17H,5,9,11-15H2,1-4H3,(H,24,26);1H. The Hall–Kier alpha value is -2.43. The van der Waals surface area contributed by atoms with Gasteiger partial charge in [-0.2, -0.15) is 0 Å². The lowest BCUT2D eigenvalue weighted by Crippen LogP contribution is -2.52. The minimum atomic E-state index is 0. The van der Waals surface area contributed by atoms with Crippen LogP contribution in [0.5, 0.6) is 17.2 Å². The molecule has 1 saturated heterocycles. The van der Waals surface area contributed by atoms with Crippen LogP contribution in [0.25, 0.3) is 0 Å². The lowest BCUT2D eigenvalue weighted by atomic mass is 10.1. The van der Waals surface area contributed by atoms with Crippen molar-refractivity contribution >= 4 is 35.8 Å². The number of hydrogen-bond acceptors (Lipinski definition) is 6. The van der Waals surface area contributed by atoms with Crippen molar-refractivity contribution in [3.05, 3.63) is 42.1 Å². The van der Waals surface area contributed by atoms with E-state index in [2.05, 4.69) is 33.1 Å². The van der Waals surface area contributed by atoms with Crippen LogP contribution in [-0.2, 0) is 6.42 Å². The van der Waals surface area contributed by atoms with Gasteiger partial charge in [0.15, 0.2) is 5.96 Å². The summed E-state index contributed by atoms with van der Waals surface area (Å²) in [6.45, 7) is 7.18. The Morgan fingerprint density at radius 1 is 1.03 bits per heavy atom.